The summed E-state index contributed by atoms with van der Waals surface area (Å²) in [7, 11) is 0. The van der Waals surface area contributed by atoms with Gasteiger partial charge in [-0.05, 0) is 18.9 Å². The van der Waals surface area contributed by atoms with Gasteiger partial charge in [0.15, 0.2) is 0 Å². The smallest absolute Gasteiger partial charge is 0.253 e. The van der Waals surface area contributed by atoms with E-state index >= 15 is 0 Å². The van der Waals surface area contributed by atoms with Gasteiger partial charge in [-0.3, -0.25) is 15.6 Å². The molecule has 5 heteroatoms. The maximum Gasteiger partial charge on any atom is 0.253 e. The third kappa shape index (κ3) is 3.20. The lowest BCUT2D eigenvalue weighted by molar-refractivity contribution is 0.0934. The predicted octanol–water partition coefficient (Wildman–Crippen LogP) is 1.82. The van der Waals surface area contributed by atoms with Gasteiger partial charge in [-0.2, -0.15) is 0 Å². The number of rotatable bonds is 3. The van der Waals surface area contributed by atoms with Crippen LogP contribution < -0.4 is 16.6 Å². The van der Waals surface area contributed by atoms with Crippen LogP contribution in [-0.4, -0.2) is 16.9 Å². The third-order valence-electron chi connectivity index (χ3n) is 3.41. The minimum absolute atomic E-state index is 0.0720. The number of aromatic nitrogens is 1. The predicted molar refractivity (Wildman–Crippen MR) is 71.0 cm³/mol. The number of hydrogen-bond donors (Lipinski definition) is 3. The maximum atomic E-state index is 12.2. The molecule has 1 aliphatic carbocycles. The Morgan fingerprint density at radius 3 is 2.67 bits per heavy atom. The highest BCUT2D eigenvalue weighted by Gasteiger charge is 2.17. The Balaban J connectivity index is 2.02. The van der Waals surface area contributed by atoms with Crippen LogP contribution in [0.4, 0.5) is 5.69 Å². The van der Waals surface area contributed by atoms with Crippen molar-refractivity contribution in [2.24, 2.45) is 5.84 Å². The Hall–Kier alpha value is -1.62. The monoisotopic (exact) mass is 248 g/mol. The van der Waals surface area contributed by atoms with Crippen molar-refractivity contribution >= 4 is 11.6 Å². The molecule has 0 aliphatic heterocycles. The van der Waals surface area contributed by atoms with Crippen molar-refractivity contribution < 1.29 is 4.79 Å². The van der Waals surface area contributed by atoms with E-state index in [0.29, 0.717) is 17.3 Å². The molecule has 1 aromatic heterocycles. The van der Waals surface area contributed by atoms with Gasteiger partial charge in [0, 0.05) is 12.2 Å². The Labute approximate surface area is 107 Å². The van der Waals surface area contributed by atoms with Gasteiger partial charge in [0.2, 0.25) is 0 Å². The molecule has 0 radical (unpaired) electrons. The van der Waals surface area contributed by atoms with Crippen molar-refractivity contribution in [1.29, 1.82) is 0 Å². The number of amides is 1. The largest absolute Gasteiger partial charge is 0.349 e. The summed E-state index contributed by atoms with van der Waals surface area (Å²) in [5.41, 5.74) is 3.61. The van der Waals surface area contributed by atoms with E-state index in [-0.39, 0.29) is 5.91 Å². The first-order chi connectivity index (χ1) is 8.81. The van der Waals surface area contributed by atoms with Crippen LogP contribution in [0.15, 0.2) is 18.5 Å². The third-order valence-corrected chi connectivity index (χ3v) is 3.41. The van der Waals surface area contributed by atoms with Gasteiger partial charge in [-0.1, -0.05) is 25.7 Å². The molecular formula is C13H20N4O. The Bertz CT molecular complexity index is 400. The first-order valence-corrected chi connectivity index (χ1v) is 6.53. The van der Waals surface area contributed by atoms with E-state index in [1.165, 1.54) is 25.7 Å². The molecule has 1 aliphatic rings. The molecule has 1 fully saturated rings. The van der Waals surface area contributed by atoms with Crippen molar-refractivity contribution in [2.45, 2.75) is 44.6 Å². The lowest BCUT2D eigenvalue weighted by atomic mass is 10.1. The summed E-state index contributed by atoms with van der Waals surface area (Å²) in [4.78, 5) is 16.1. The second-order valence-corrected chi connectivity index (χ2v) is 4.73. The molecule has 98 valence electrons. The fourth-order valence-electron chi connectivity index (χ4n) is 2.39. The molecule has 0 aromatic carbocycles. The van der Waals surface area contributed by atoms with Gasteiger partial charge in [0.1, 0.15) is 0 Å². The number of pyridine rings is 1. The highest BCUT2D eigenvalue weighted by molar-refractivity contribution is 5.99. The molecule has 0 atom stereocenters. The molecule has 1 amide bonds. The van der Waals surface area contributed by atoms with Crippen LogP contribution in [0.3, 0.4) is 0 Å². The standard InChI is InChI=1S/C13H20N4O/c14-17-12-9-15-8-7-11(12)13(18)16-10-5-3-1-2-4-6-10/h7-10,17H,1-6,14H2,(H,16,18). The van der Waals surface area contributed by atoms with Crippen molar-refractivity contribution in [3.63, 3.8) is 0 Å². The topological polar surface area (TPSA) is 80.0 Å². The van der Waals surface area contributed by atoms with Crippen molar-refractivity contribution in [3.05, 3.63) is 24.0 Å². The van der Waals surface area contributed by atoms with E-state index in [1.54, 1.807) is 18.5 Å². The average molecular weight is 248 g/mol. The lowest BCUT2D eigenvalue weighted by Gasteiger charge is -2.17. The minimum Gasteiger partial charge on any atom is -0.349 e. The van der Waals surface area contributed by atoms with Crippen molar-refractivity contribution in [3.8, 4) is 0 Å². The number of nitrogens with zero attached hydrogens (tertiary/aromatic N) is 1. The van der Waals surface area contributed by atoms with Crippen LogP contribution in [0.2, 0.25) is 0 Å². The normalized spacial score (nSPS) is 16.9. The lowest BCUT2D eigenvalue weighted by Crippen LogP contribution is -2.35. The number of carbonyl (C=O) groups is 1. The number of carbonyl (C=O) groups excluding carboxylic acids is 1. The zero-order chi connectivity index (χ0) is 12.8. The first kappa shape index (κ1) is 12.8. The zero-order valence-corrected chi connectivity index (χ0v) is 10.5. The fraction of sp³-hybridized carbons (Fsp3) is 0.538. The quantitative estimate of drug-likeness (QED) is 0.433. The summed E-state index contributed by atoms with van der Waals surface area (Å²) < 4.78 is 0. The molecule has 4 N–H and O–H groups in total. The Morgan fingerprint density at radius 1 is 1.28 bits per heavy atom. The number of nitrogen functional groups attached to an aromatic ring is 1. The molecule has 0 saturated heterocycles. The van der Waals surface area contributed by atoms with E-state index in [1.807, 2.05) is 0 Å². The number of anilines is 1. The molecular weight excluding hydrogens is 228 g/mol. The van der Waals surface area contributed by atoms with Crippen molar-refractivity contribution in [1.82, 2.24) is 10.3 Å². The second-order valence-electron chi connectivity index (χ2n) is 4.73. The maximum absolute atomic E-state index is 12.2. The van der Waals surface area contributed by atoms with Crippen molar-refractivity contribution in [2.75, 3.05) is 5.43 Å². The Morgan fingerprint density at radius 2 is 2.00 bits per heavy atom. The molecule has 0 spiro atoms. The summed E-state index contributed by atoms with van der Waals surface area (Å²) in [5, 5.41) is 3.09. The van der Waals surface area contributed by atoms with E-state index in [0.717, 1.165) is 12.8 Å². The van der Waals surface area contributed by atoms with Crippen LogP contribution in [0.5, 0.6) is 0 Å². The Kier molecular flexibility index (Phi) is 4.52. The summed E-state index contributed by atoms with van der Waals surface area (Å²) in [6, 6.07) is 1.97. The van der Waals surface area contributed by atoms with Crippen LogP contribution >= 0.6 is 0 Å². The summed E-state index contributed by atoms with van der Waals surface area (Å²) >= 11 is 0. The second kappa shape index (κ2) is 6.35. The van der Waals surface area contributed by atoms with Gasteiger partial charge in [-0.25, -0.2) is 0 Å². The number of nitrogens with one attached hydrogen (secondary N) is 2. The van der Waals surface area contributed by atoms with Gasteiger partial charge in [-0.15, -0.1) is 0 Å². The number of hydrazine groups is 1. The highest BCUT2D eigenvalue weighted by Crippen LogP contribution is 2.18. The molecule has 5 nitrogen and oxygen atoms in total. The summed E-state index contributed by atoms with van der Waals surface area (Å²) in [5.74, 6) is 5.30. The van der Waals surface area contributed by atoms with Gasteiger partial charge < -0.3 is 10.7 Å². The van der Waals surface area contributed by atoms with Crippen LogP contribution in [-0.2, 0) is 0 Å². The van der Waals surface area contributed by atoms with E-state index in [9.17, 15) is 4.79 Å². The molecule has 1 saturated carbocycles. The number of hydrogen-bond acceptors (Lipinski definition) is 4. The molecule has 1 aromatic rings. The first-order valence-electron chi connectivity index (χ1n) is 6.53. The summed E-state index contributed by atoms with van der Waals surface area (Å²) in [6.45, 7) is 0. The average Bonchev–Trinajstić information content (AvgIpc) is 2.67. The molecule has 0 bridgehead atoms. The summed E-state index contributed by atoms with van der Waals surface area (Å²) in [6.07, 6.45) is 10.2. The molecule has 1 heterocycles. The van der Waals surface area contributed by atoms with Crippen LogP contribution in [0.1, 0.15) is 48.9 Å². The fourth-order valence-corrected chi connectivity index (χ4v) is 2.39. The molecule has 2 rings (SSSR count). The van der Waals surface area contributed by atoms with E-state index in [4.69, 9.17) is 5.84 Å². The minimum atomic E-state index is -0.0720. The van der Waals surface area contributed by atoms with Gasteiger partial charge >= 0.3 is 0 Å². The molecule has 0 unspecified atom stereocenters. The molecule has 18 heavy (non-hydrogen) atoms. The van der Waals surface area contributed by atoms with Crippen LogP contribution in [0.25, 0.3) is 0 Å². The highest BCUT2D eigenvalue weighted by atomic mass is 16.1. The van der Waals surface area contributed by atoms with Crippen LogP contribution in [0, 0.1) is 0 Å². The SMILES string of the molecule is NNc1cnccc1C(=O)NC1CCCCCC1. The van der Waals surface area contributed by atoms with E-state index < -0.39 is 0 Å². The van der Waals surface area contributed by atoms with Gasteiger partial charge in [0.05, 0.1) is 17.4 Å². The zero-order valence-electron chi connectivity index (χ0n) is 10.5. The van der Waals surface area contributed by atoms with Gasteiger partial charge in [0.25, 0.3) is 5.91 Å². The van der Waals surface area contributed by atoms with E-state index in [2.05, 4.69) is 15.7 Å². The number of nitrogens with two attached hydrogens (primary N) is 1.